The lowest BCUT2D eigenvalue weighted by Crippen LogP contribution is -2.34. The van der Waals surface area contributed by atoms with E-state index in [1.54, 1.807) is 36.4 Å². The van der Waals surface area contributed by atoms with Crippen molar-refractivity contribution in [1.29, 1.82) is 0 Å². The second-order valence-corrected chi connectivity index (χ2v) is 9.17. The zero-order valence-corrected chi connectivity index (χ0v) is 17.2. The summed E-state index contributed by atoms with van der Waals surface area (Å²) in [5, 5.41) is 2.72. The standard InChI is InChI=1S/C20H22N2O7S/c1-22(18(23)12-29-20(25)14-8-10-30(26,27)13-14)17-7-3-2-6-16(17)19(24)21-11-15-5-4-9-28-15/h2-7,9,14H,8,10-13H2,1H3,(H,21,24). The fourth-order valence-corrected chi connectivity index (χ4v) is 4.82. The van der Waals surface area contributed by atoms with E-state index >= 15 is 0 Å². The van der Waals surface area contributed by atoms with Gasteiger partial charge in [0.15, 0.2) is 16.4 Å². The molecule has 1 N–H and O–H groups in total. The van der Waals surface area contributed by atoms with Crippen LogP contribution in [0.15, 0.2) is 47.1 Å². The van der Waals surface area contributed by atoms with Gasteiger partial charge >= 0.3 is 5.97 Å². The molecule has 30 heavy (non-hydrogen) atoms. The average molecular weight is 434 g/mol. The number of para-hydroxylation sites is 1. The number of benzene rings is 1. The number of hydrogen-bond donors (Lipinski definition) is 1. The van der Waals surface area contributed by atoms with Gasteiger partial charge in [-0.25, -0.2) is 8.42 Å². The van der Waals surface area contributed by atoms with E-state index in [1.807, 2.05) is 0 Å². The van der Waals surface area contributed by atoms with Crippen LogP contribution in [0.3, 0.4) is 0 Å². The number of rotatable bonds is 7. The molecule has 10 heteroatoms. The first-order valence-corrected chi connectivity index (χ1v) is 11.1. The Labute approximate surface area is 173 Å². The number of ether oxygens (including phenoxy) is 1. The Kier molecular flexibility index (Phi) is 6.56. The smallest absolute Gasteiger partial charge is 0.310 e. The van der Waals surface area contributed by atoms with Crippen LogP contribution in [0, 0.1) is 5.92 Å². The number of sulfone groups is 1. The lowest BCUT2D eigenvalue weighted by molar-refractivity contribution is -0.151. The van der Waals surface area contributed by atoms with Gasteiger partial charge in [-0.3, -0.25) is 14.4 Å². The Bertz CT molecular complexity index is 1030. The molecular formula is C20H22N2O7S. The largest absolute Gasteiger partial charge is 0.467 e. The molecule has 0 radical (unpaired) electrons. The third-order valence-electron chi connectivity index (χ3n) is 4.79. The van der Waals surface area contributed by atoms with E-state index in [9.17, 15) is 22.8 Å². The fraction of sp³-hybridized carbons (Fsp3) is 0.350. The Balaban J connectivity index is 1.60. The van der Waals surface area contributed by atoms with Crippen LogP contribution in [-0.4, -0.2) is 51.4 Å². The van der Waals surface area contributed by atoms with Gasteiger partial charge in [0.2, 0.25) is 0 Å². The highest BCUT2D eigenvalue weighted by Crippen LogP contribution is 2.21. The Morgan fingerprint density at radius 3 is 2.63 bits per heavy atom. The summed E-state index contributed by atoms with van der Waals surface area (Å²) < 4.78 is 33.2. The number of carbonyl (C=O) groups excluding carboxylic acids is 3. The molecule has 1 atom stereocenters. The number of amides is 2. The molecule has 0 spiro atoms. The molecule has 1 unspecified atom stereocenters. The number of hydrogen-bond acceptors (Lipinski definition) is 7. The van der Waals surface area contributed by atoms with Crippen LogP contribution >= 0.6 is 0 Å². The molecule has 160 valence electrons. The minimum absolute atomic E-state index is 0.0545. The molecule has 1 aromatic heterocycles. The summed E-state index contributed by atoms with van der Waals surface area (Å²) in [5.41, 5.74) is 0.618. The van der Waals surface area contributed by atoms with Crippen molar-refractivity contribution in [2.24, 2.45) is 5.92 Å². The maximum atomic E-state index is 12.6. The number of likely N-dealkylation sites (N-methyl/N-ethyl adjacent to an activating group) is 1. The number of nitrogens with one attached hydrogen (secondary N) is 1. The summed E-state index contributed by atoms with van der Waals surface area (Å²) in [7, 11) is -1.76. The Morgan fingerprint density at radius 2 is 1.97 bits per heavy atom. The molecular weight excluding hydrogens is 412 g/mol. The predicted molar refractivity (Wildman–Crippen MR) is 107 cm³/mol. The van der Waals surface area contributed by atoms with Crippen molar-refractivity contribution in [3.05, 3.63) is 54.0 Å². The molecule has 0 aliphatic carbocycles. The van der Waals surface area contributed by atoms with Gasteiger partial charge in [-0.1, -0.05) is 12.1 Å². The van der Waals surface area contributed by atoms with Crippen LogP contribution in [0.25, 0.3) is 0 Å². The quantitative estimate of drug-likeness (QED) is 0.649. The molecule has 9 nitrogen and oxygen atoms in total. The second-order valence-electron chi connectivity index (χ2n) is 6.94. The number of esters is 1. The maximum Gasteiger partial charge on any atom is 0.310 e. The minimum atomic E-state index is -3.22. The summed E-state index contributed by atoms with van der Waals surface area (Å²) in [6.45, 7) is -0.353. The second kappa shape index (κ2) is 9.12. The maximum absolute atomic E-state index is 12.6. The monoisotopic (exact) mass is 434 g/mol. The van der Waals surface area contributed by atoms with Crippen LogP contribution in [0.4, 0.5) is 5.69 Å². The summed E-state index contributed by atoms with van der Waals surface area (Å²) >= 11 is 0. The molecule has 1 fully saturated rings. The summed E-state index contributed by atoms with van der Waals surface area (Å²) in [6, 6.07) is 9.97. The lowest BCUT2D eigenvalue weighted by atomic mass is 10.1. The van der Waals surface area contributed by atoms with Crippen LogP contribution in [-0.2, 0) is 30.7 Å². The van der Waals surface area contributed by atoms with Crippen molar-refractivity contribution in [3.8, 4) is 0 Å². The van der Waals surface area contributed by atoms with Crippen molar-refractivity contribution in [1.82, 2.24) is 5.32 Å². The van der Waals surface area contributed by atoms with E-state index in [1.165, 1.54) is 18.2 Å². The van der Waals surface area contributed by atoms with Crippen molar-refractivity contribution in [2.45, 2.75) is 13.0 Å². The van der Waals surface area contributed by atoms with Crippen molar-refractivity contribution >= 4 is 33.3 Å². The predicted octanol–water partition coefficient (Wildman–Crippen LogP) is 1.15. The molecule has 2 amide bonds. The van der Waals surface area contributed by atoms with Gasteiger partial charge in [0, 0.05) is 7.05 Å². The SMILES string of the molecule is CN(C(=O)COC(=O)C1CCS(=O)(=O)C1)c1ccccc1C(=O)NCc1ccco1. The van der Waals surface area contributed by atoms with Gasteiger partial charge in [0.1, 0.15) is 5.76 Å². The van der Waals surface area contributed by atoms with E-state index in [0.29, 0.717) is 11.4 Å². The van der Waals surface area contributed by atoms with Gasteiger partial charge in [0.25, 0.3) is 11.8 Å². The Hall–Kier alpha value is -3.14. The van der Waals surface area contributed by atoms with Gasteiger partial charge in [-0.05, 0) is 30.7 Å². The molecule has 2 heterocycles. The normalized spacial score (nSPS) is 17.3. The number of carbonyl (C=O) groups is 3. The van der Waals surface area contributed by atoms with E-state index < -0.39 is 40.1 Å². The fourth-order valence-electron chi connectivity index (χ4n) is 3.10. The first kappa shape index (κ1) is 21.6. The van der Waals surface area contributed by atoms with E-state index in [2.05, 4.69) is 5.32 Å². The third kappa shape index (κ3) is 5.26. The third-order valence-corrected chi connectivity index (χ3v) is 6.56. The Morgan fingerprint density at radius 1 is 1.20 bits per heavy atom. The highest BCUT2D eigenvalue weighted by atomic mass is 32.2. The van der Waals surface area contributed by atoms with Crippen molar-refractivity contribution < 1.29 is 32.0 Å². The minimum Gasteiger partial charge on any atom is -0.467 e. The van der Waals surface area contributed by atoms with Crippen molar-refractivity contribution in [3.63, 3.8) is 0 Å². The van der Waals surface area contributed by atoms with E-state index in [0.717, 1.165) is 0 Å². The summed E-state index contributed by atoms with van der Waals surface area (Å²) in [4.78, 5) is 38.3. The number of furan rings is 1. The zero-order chi connectivity index (χ0) is 21.7. The molecule has 2 aromatic rings. The summed E-state index contributed by atoms with van der Waals surface area (Å²) in [6.07, 6.45) is 1.70. The molecule has 1 saturated heterocycles. The topological polar surface area (TPSA) is 123 Å². The number of anilines is 1. The summed E-state index contributed by atoms with van der Waals surface area (Å²) in [5.74, 6) is -2.11. The first-order valence-electron chi connectivity index (χ1n) is 9.30. The molecule has 1 aliphatic heterocycles. The van der Waals surface area contributed by atoms with Crippen LogP contribution in [0.2, 0.25) is 0 Å². The van der Waals surface area contributed by atoms with E-state index in [-0.39, 0.29) is 30.0 Å². The van der Waals surface area contributed by atoms with Crippen molar-refractivity contribution in [2.75, 3.05) is 30.1 Å². The molecule has 0 bridgehead atoms. The highest BCUT2D eigenvalue weighted by molar-refractivity contribution is 7.91. The van der Waals surface area contributed by atoms with Crippen LogP contribution < -0.4 is 10.2 Å². The molecule has 1 aliphatic rings. The lowest BCUT2D eigenvalue weighted by Gasteiger charge is -2.20. The zero-order valence-electron chi connectivity index (χ0n) is 16.4. The average Bonchev–Trinajstić information content (AvgIpc) is 3.38. The highest BCUT2D eigenvalue weighted by Gasteiger charge is 2.34. The number of nitrogens with zero attached hydrogens (tertiary/aromatic N) is 1. The van der Waals surface area contributed by atoms with Gasteiger partial charge in [-0.2, -0.15) is 0 Å². The van der Waals surface area contributed by atoms with Crippen LogP contribution in [0.1, 0.15) is 22.5 Å². The van der Waals surface area contributed by atoms with Gasteiger partial charge < -0.3 is 19.4 Å². The van der Waals surface area contributed by atoms with E-state index in [4.69, 9.17) is 9.15 Å². The van der Waals surface area contributed by atoms with Gasteiger partial charge in [0.05, 0.1) is 41.5 Å². The molecule has 0 saturated carbocycles. The van der Waals surface area contributed by atoms with Crippen LogP contribution in [0.5, 0.6) is 0 Å². The first-order chi connectivity index (χ1) is 14.3. The molecule has 1 aromatic carbocycles. The molecule has 3 rings (SSSR count). The van der Waals surface area contributed by atoms with Gasteiger partial charge in [-0.15, -0.1) is 0 Å².